The lowest BCUT2D eigenvalue weighted by Gasteiger charge is -2.07. The lowest BCUT2D eigenvalue weighted by Crippen LogP contribution is -2.05. The van der Waals surface area contributed by atoms with Crippen LogP contribution in [-0.2, 0) is 6.42 Å². The normalized spacial score (nSPS) is 10.2. The molecule has 0 N–H and O–H groups in total. The first kappa shape index (κ1) is 15.0. The maximum absolute atomic E-state index is 12.3. The van der Waals surface area contributed by atoms with Crippen LogP contribution in [0.15, 0.2) is 42.7 Å². The second kappa shape index (κ2) is 7.43. The van der Waals surface area contributed by atoms with Crippen LogP contribution in [0.1, 0.15) is 29.3 Å². The Kier molecular flexibility index (Phi) is 5.32. The summed E-state index contributed by atoms with van der Waals surface area (Å²) in [4.78, 5) is 16.4. The molecule has 1 aromatic heterocycles. The van der Waals surface area contributed by atoms with Crippen LogP contribution in [0.4, 0.5) is 0 Å². The second-order valence-electron chi connectivity index (χ2n) is 4.71. The van der Waals surface area contributed by atoms with Crippen molar-refractivity contribution in [2.75, 3.05) is 13.7 Å². The third-order valence-electron chi connectivity index (χ3n) is 3.01. The molecule has 0 atom stereocenters. The number of rotatable bonds is 7. The number of benzene rings is 1. The Morgan fingerprint density at radius 3 is 2.81 bits per heavy atom. The Morgan fingerprint density at radius 1 is 1.19 bits per heavy atom. The van der Waals surface area contributed by atoms with Gasteiger partial charge in [0.15, 0.2) is 5.78 Å². The van der Waals surface area contributed by atoms with Crippen molar-refractivity contribution in [3.8, 4) is 11.5 Å². The van der Waals surface area contributed by atoms with E-state index in [1.807, 2.05) is 31.2 Å². The maximum atomic E-state index is 12.3. The van der Waals surface area contributed by atoms with Crippen LogP contribution in [0, 0.1) is 0 Å². The Bertz CT molecular complexity index is 610. The van der Waals surface area contributed by atoms with E-state index in [2.05, 4.69) is 4.98 Å². The monoisotopic (exact) mass is 285 g/mol. The van der Waals surface area contributed by atoms with Gasteiger partial charge in [-0.05, 0) is 30.2 Å². The van der Waals surface area contributed by atoms with Crippen molar-refractivity contribution in [3.63, 3.8) is 0 Å². The number of Topliss-reactive ketones (excluding diaryl/α,β-unsaturated/α-hetero) is 1. The lowest BCUT2D eigenvalue weighted by atomic mass is 10.0. The molecule has 0 spiro atoms. The van der Waals surface area contributed by atoms with Gasteiger partial charge in [0.05, 0.1) is 19.9 Å². The number of nitrogens with zero attached hydrogens (tertiary/aromatic N) is 1. The molecule has 0 aliphatic rings. The van der Waals surface area contributed by atoms with Gasteiger partial charge in [-0.2, -0.15) is 0 Å². The molecule has 0 radical (unpaired) electrons. The molecular weight excluding hydrogens is 266 g/mol. The summed E-state index contributed by atoms with van der Waals surface area (Å²) >= 11 is 0. The number of aromatic nitrogens is 1. The van der Waals surface area contributed by atoms with Crippen LogP contribution < -0.4 is 9.47 Å². The lowest BCUT2D eigenvalue weighted by molar-refractivity contribution is 0.0992. The molecule has 2 rings (SSSR count). The van der Waals surface area contributed by atoms with Crippen LogP contribution in [0.3, 0.4) is 0 Å². The van der Waals surface area contributed by atoms with E-state index in [1.54, 1.807) is 25.6 Å². The zero-order chi connectivity index (χ0) is 15.1. The molecular formula is C17H19NO3. The average molecular weight is 285 g/mol. The molecule has 1 aromatic carbocycles. The van der Waals surface area contributed by atoms with E-state index in [0.717, 1.165) is 17.7 Å². The molecule has 4 heteroatoms. The fourth-order valence-electron chi connectivity index (χ4n) is 1.94. The SMILES string of the molecule is CCCOc1cncc(C(=O)Cc2cccc(OC)c2)c1. The Balaban J connectivity index is 2.08. The van der Waals surface area contributed by atoms with Crippen molar-refractivity contribution in [2.45, 2.75) is 19.8 Å². The largest absolute Gasteiger partial charge is 0.497 e. The minimum Gasteiger partial charge on any atom is -0.497 e. The molecule has 0 aliphatic carbocycles. The van der Waals surface area contributed by atoms with Crippen molar-refractivity contribution in [2.24, 2.45) is 0 Å². The maximum Gasteiger partial charge on any atom is 0.168 e. The summed E-state index contributed by atoms with van der Waals surface area (Å²) in [5, 5.41) is 0. The van der Waals surface area contributed by atoms with Gasteiger partial charge in [0.25, 0.3) is 0 Å². The van der Waals surface area contributed by atoms with Crippen molar-refractivity contribution >= 4 is 5.78 Å². The van der Waals surface area contributed by atoms with E-state index >= 15 is 0 Å². The van der Waals surface area contributed by atoms with Crippen LogP contribution >= 0.6 is 0 Å². The minimum absolute atomic E-state index is 0.0118. The van der Waals surface area contributed by atoms with Gasteiger partial charge in [-0.1, -0.05) is 19.1 Å². The van der Waals surface area contributed by atoms with E-state index < -0.39 is 0 Å². The Morgan fingerprint density at radius 2 is 2.05 bits per heavy atom. The number of hydrogen-bond donors (Lipinski definition) is 0. The Labute approximate surface area is 124 Å². The van der Waals surface area contributed by atoms with Crippen LogP contribution in [0.25, 0.3) is 0 Å². The predicted molar refractivity (Wildman–Crippen MR) is 81.1 cm³/mol. The first-order valence-corrected chi connectivity index (χ1v) is 6.97. The van der Waals surface area contributed by atoms with Crippen molar-refractivity contribution < 1.29 is 14.3 Å². The third-order valence-corrected chi connectivity index (χ3v) is 3.01. The molecule has 0 amide bonds. The zero-order valence-electron chi connectivity index (χ0n) is 12.3. The highest BCUT2D eigenvalue weighted by atomic mass is 16.5. The minimum atomic E-state index is 0.0118. The fourth-order valence-corrected chi connectivity index (χ4v) is 1.94. The average Bonchev–Trinajstić information content (AvgIpc) is 2.53. The van der Waals surface area contributed by atoms with Gasteiger partial charge in [-0.25, -0.2) is 0 Å². The smallest absolute Gasteiger partial charge is 0.168 e. The number of ketones is 1. The molecule has 0 saturated heterocycles. The highest BCUT2D eigenvalue weighted by molar-refractivity contribution is 5.97. The molecule has 21 heavy (non-hydrogen) atoms. The topological polar surface area (TPSA) is 48.4 Å². The number of carbonyl (C=O) groups excluding carboxylic acids is 1. The number of ether oxygens (including phenoxy) is 2. The van der Waals surface area contributed by atoms with Gasteiger partial charge in [-0.3, -0.25) is 9.78 Å². The molecule has 0 bridgehead atoms. The van der Waals surface area contributed by atoms with E-state index in [4.69, 9.17) is 9.47 Å². The molecule has 0 saturated carbocycles. The number of hydrogen-bond acceptors (Lipinski definition) is 4. The number of pyridine rings is 1. The molecule has 4 nitrogen and oxygen atoms in total. The summed E-state index contributed by atoms with van der Waals surface area (Å²) in [6.07, 6.45) is 4.43. The van der Waals surface area contributed by atoms with E-state index in [9.17, 15) is 4.79 Å². The summed E-state index contributed by atoms with van der Waals surface area (Å²) in [5.41, 5.74) is 1.48. The predicted octanol–water partition coefficient (Wildman–Crippen LogP) is 3.30. The summed E-state index contributed by atoms with van der Waals surface area (Å²) in [5.74, 6) is 1.39. The van der Waals surface area contributed by atoms with Crippen molar-refractivity contribution in [1.82, 2.24) is 4.98 Å². The quantitative estimate of drug-likeness (QED) is 0.732. The summed E-state index contributed by atoms with van der Waals surface area (Å²) < 4.78 is 10.7. The van der Waals surface area contributed by atoms with Crippen LogP contribution in [0.5, 0.6) is 11.5 Å². The number of methoxy groups -OCH3 is 1. The van der Waals surface area contributed by atoms with Crippen LogP contribution in [0.2, 0.25) is 0 Å². The number of carbonyl (C=O) groups is 1. The van der Waals surface area contributed by atoms with Gasteiger partial charge in [0.1, 0.15) is 11.5 Å². The van der Waals surface area contributed by atoms with Gasteiger partial charge < -0.3 is 9.47 Å². The van der Waals surface area contributed by atoms with E-state index in [1.165, 1.54) is 0 Å². The first-order chi connectivity index (χ1) is 10.2. The third kappa shape index (κ3) is 4.31. The van der Waals surface area contributed by atoms with E-state index in [-0.39, 0.29) is 5.78 Å². The van der Waals surface area contributed by atoms with Crippen molar-refractivity contribution in [1.29, 1.82) is 0 Å². The highest BCUT2D eigenvalue weighted by Gasteiger charge is 2.09. The molecule has 110 valence electrons. The van der Waals surface area contributed by atoms with Crippen LogP contribution in [-0.4, -0.2) is 24.5 Å². The van der Waals surface area contributed by atoms with Crippen molar-refractivity contribution in [3.05, 3.63) is 53.9 Å². The summed E-state index contributed by atoms with van der Waals surface area (Å²) in [7, 11) is 1.61. The van der Waals surface area contributed by atoms with Gasteiger partial charge in [0, 0.05) is 18.2 Å². The summed E-state index contributed by atoms with van der Waals surface area (Å²) in [6.45, 7) is 2.65. The van der Waals surface area contributed by atoms with Gasteiger partial charge >= 0.3 is 0 Å². The Hall–Kier alpha value is -2.36. The second-order valence-corrected chi connectivity index (χ2v) is 4.71. The fraction of sp³-hybridized carbons (Fsp3) is 0.294. The van der Waals surface area contributed by atoms with Gasteiger partial charge in [0.2, 0.25) is 0 Å². The van der Waals surface area contributed by atoms with E-state index in [0.29, 0.717) is 24.3 Å². The van der Waals surface area contributed by atoms with Gasteiger partial charge in [-0.15, -0.1) is 0 Å². The molecule has 0 aliphatic heterocycles. The molecule has 1 heterocycles. The summed E-state index contributed by atoms with van der Waals surface area (Å²) in [6, 6.07) is 9.24. The first-order valence-electron chi connectivity index (χ1n) is 6.97. The highest BCUT2D eigenvalue weighted by Crippen LogP contribution is 2.17. The standard InChI is InChI=1S/C17H19NO3/c1-3-7-21-16-10-14(11-18-12-16)17(19)9-13-5-4-6-15(8-13)20-2/h4-6,8,10-12H,3,7,9H2,1-2H3. The molecule has 0 unspecified atom stereocenters. The zero-order valence-corrected chi connectivity index (χ0v) is 12.3. The molecule has 0 fully saturated rings. The molecule has 2 aromatic rings.